The zero-order chi connectivity index (χ0) is 17.0. The van der Waals surface area contributed by atoms with Crippen molar-refractivity contribution >= 4 is 27.6 Å². The number of sulfonamides is 1. The monoisotopic (exact) mass is 353 g/mol. The Morgan fingerprint density at radius 3 is 2.22 bits per heavy atom. The number of likely N-dealkylation sites (N-methyl/N-ethyl adjacent to an activating group) is 1. The third-order valence-corrected chi connectivity index (χ3v) is 5.62. The van der Waals surface area contributed by atoms with Crippen LogP contribution in [0.4, 0.5) is 0 Å². The Hall–Kier alpha value is -1.89. The van der Waals surface area contributed by atoms with Gasteiger partial charge in [0.25, 0.3) is 0 Å². The van der Waals surface area contributed by atoms with Gasteiger partial charge in [-0.3, -0.25) is 4.79 Å². The lowest BCUT2D eigenvalue weighted by molar-refractivity contribution is -0.141. The van der Waals surface area contributed by atoms with Gasteiger partial charge in [-0.15, -0.1) is 0 Å². The summed E-state index contributed by atoms with van der Waals surface area (Å²) in [4.78, 5) is 11.6. The van der Waals surface area contributed by atoms with Gasteiger partial charge < -0.3 is 5.11 Å². The predicted octanol–water partition coefficient (Wildman–Crippen LogP) is 2.66. The smallest absolute Gasteiger partial charge is 0.322 e. The summed E-state index contributed by atoms with van der Waals surface area (Å²) in [5, 5.41) is 9.97. The molecule has 1 N–H and O–H groups in total. The van der Waals surface area contributed by atoms with Crippen LogP contribution in [0, 0.1) is 0 Å². The number of rotatable bonds is 6. The van der Waals surface area contributed by atoms with Gasteiger partial charge in [-0.05, 0) is 36.2 Å². The highest BCUT2D eigenvalue weighted by Crippen LogP contribution is 2.19. The fraction of sp³-hybridized carbons (Fsp3) is 0.188. The van der Waals surface area contributed by atoms with Gasteiger partial charge in [0, 0.05) is 12.1 Å². The van der Waals surface area contributed by atoms with Crippen LogP contribution in [0.1, 0.15) is 5.56 Å². The second-order valence-corrected chi connectivity index (χ2v) is 7.45. The summed E-state index contributed by atoms with van der Waals surface area (Å²) in [7, 11) is -2.61. The van der Waals surface area contributed by atoms with Crippen molar-refractivity contribution in [2.45, 2.75) is 17.4 Å². The van der Waals surface area contributed by atoms with E-state index in [4.69, 9.17) is 11.6 Å². The summed E-state index contributed by atoms with van der Waals surface area (Å²) < 4.78 is 26.0. The summed E-state index contributed by atoms with van der Waals surface area (Å²) in [6.45, 7) is 0. The van der Waals surface area contributed by atoms with Crippen molar-refractivity contribution < 1.29 is 18.3 Å². The first-order valence-corrected chi connectivity index (χ1v) is 8.64. The van der Waals surface area contributed by atoms with Gasteiger partial charge in [0.2, 0.25) is 10.0 Å². The fourth-order valence-corrected chi connectivity index (χ4v) is 3.60. The molecule has 0 unspecified atom stereocenters. The summed E-state index contributed by atoms with van der Waals surface area (Å²) in [5.41, 5.74) is 0.692. The maximum Gasteiger partial charge on any atom is 0.322 e. The third-order valence-electron chi connectivity index (χ3n) is 3.49. The van der Waals surface area contributed by atoms with Gasteiger partial charge in [0.05, 0.1) is 4.90 Å². The molecular formula is C16H16ClNO4S. The van der Waals surface area contributed by atoms with Crippen LogP contribution < -0.4 is 0 Å². The van der Waals surface area contributed by atoms with Crippen molar-refractivity contribution in [3.63, 3.8) is 0 Å². The van der Waals surface area contributed by atoms with Gasteiger partial charge in [-0.2, -0.15) is 4.31 Å². The topological polar surface area (TPSA) is 74.7 Å². The van der Waals surface area contributed by atoms with E-state index in [2.05, 4.69) is 0 Å². The average molecular weight is 354 g/mol. The highest BCUT2D eigenvalue weighted by atomic mass is 35.5. The number of hydrogen-bond donors (Lipinski definition) is 1. The molecule has 0 saturated carbocycles. The molecule has 0 aliphatic rings. The minimum atomic E-state index is -3.89. The molecule has 0 spiro atoms. The van der Waals surface area contributed by atoms with E-state index in [0.717, 1.165) is 4.31 Å². The van der Waals surface area contributed by atoms with Gasteiger partial charge in [-0.1, -0.05) is 41.9 Å². The SMILES string of the molecule is CN([C@H](Cc1ccc(Cl)cc1)C(=O)O)S(=O)(=O)c1ccccc1. The van der Waals surface area contributed by atoms with Crippen LogP contribution in [-0.4, -0.2) is 36.9 Å². The molecule has 0 aromatic heterocycles. The predicted molar refractivity (Wildman–Crippen MR) is 88.0 cm³/mol. The molecule has 5 nitrogen and oxygen atoms in total. The van der Waals surface area contributed by atoms with Crippen LogP contribution in [0.15, 0.2) is 59.5 Å². The first-order chi connectivity index (χ1) is 10.8. The van der Waals surface area contributed by atoms with Gasteiger partial charge in [-0.25, -0.2) is 8.42 Å². The highest BCUT2D eigenvalue weighted by molar-refractivity contribution is 7.89. The quantitative estimate of drug-likeness (QED) is 0.866. The lowest BCUT2D eigenvalue weighted by Gasteiger charge is -2.24. The van der Waals surface area contributed by atoms with Crippen LogP contribution in [0.2, 0.25) is 5.02 Å². The Bertz CT molecular complexity index is 775. The highest BCUT2D eigenvalue weighted by Gasteiger charge is 2.32. The average Bonchev–Trinajstić information content (AvgIpc) is 2.54. The van der Waals surface area contributed by atoms with Crippen molar-refractivity contribution in [3.8, 4) is 0 Å². The van der Waals surface area contributed by atoms with E-state index in [-0.39, 0.29) is 11.3 Å². The van der Waals surface area contributed by atoms with E-state index in [1.54, 1.807) is 42.5 Å². The molecule has 0 aliphatic heterocycles. The molecule has 122 valence electrons. The zero-order valence-electron chi connectivity index (χ0n) is 12.4. The van der Waals surface area contributed by atoms with E-state index >= 15 is 0 Å². The van der Waals surface area contributed by atoms with Crippen LogP contribution in [-0.2, 0) is 21.2 Å². The number of carbonyl (C=O) groups is 1. The van der Waals surface area contributed by atoms with Crippen LogP contribution in [0.25, 0.3) is 0 Å². The second kappa shape index (κ2) is 7.12. The summed E-state index contributed by atoms with van der Waals surface area (Å²) in [6, 6.07) is 13.2. The molecule has 2 aromatic carbocycles. The Balaban J connectivity index is 2.30. The fourth-order valence-electron chi connectivity index (χ4n) is 2.14. The molecule has 23 heavy (non-hydrogen) atoms. The molecule has 0 aliphatic carbocycles. The number of benzene rings is 2. The van der Waals surface area contributed by atoms with Crippen molar-refractivity contribution in [3.05, 3.63) is 65.2 Å². The lowest BCUT2D eigenvalue weighted by Crippen LogP contribution is -2.43. The number of hydrogen-bond acceptors (Lipinski definition) is 3. The normalized spacial score (nSPS) is 13.0. The summed E-state index contributed by atoms with van der Waals surface area (Å²) >= 11 is 5.80. The number of carboxylic acid groups (broad SMARTS) is 1. The Morgan fingerprint density at radius 2 is 1.70 bits per heavy atom. The molecule has 2 rings (SSSR count). The molecule has 1 atom stereocenters. The molecule has 0 saturated heterocycles. The third kappa shape index (κ3) is 4.10. The van der Waals surface area contributed by atoms with E-state index in [9.17, 15) is 18.3 Å². The molecule has 0 heterocycles. The van der Waals surface area contributed by atoms with E-state index < -0.39 is 22.0 Å². The van der Waals surface area contributed by atoms with Crippen molar-refractivity contribution in [2.24, 2.45) is 0 Å². The van der Waals surface area contributed by atoms with Gasteiger partial charge in [0.1, 0.15) is 6.04 Å². The van der Waals surface area contributed by atoms with Crippen LogP contribution in [0.5, 0.6) is 0 Å². The van der Waals surface area contributed by atoms with Crippen LogP contribution in [0.3, 0.4) is 0 Å². The lowest BCUT2D eigenvalue weighted by atomic mass is 10.1. The number of nitrogens with zero attached hydrogens (tertiary/aromatic N) is 1. The molecule has 2 aromatic rings. The number of halogens is 1. The van der Waals surface area contributed by atoms with Gasteiger partial charge in [0.15, 0.2) is 0 Å². The maximum absolute atomic E-state index is 12.6. The number of carboxylic acids is 1. The number of aliphatic carboxylic acids is 1. The standard InChI is InChI=1S/C16H16ClNO4S/c1-18(23(21,22)14-5-3-2-4-6-14)15(16(19)20)11-12-7-9-13(17)10-8-12/h2-10,15H,11H2,1H3,(H,19,20)/t15-/m1/s1. The second-order valence-electron chi connectivity index (χ2n) is 5.02. The van der Waals surface area contributed by atoms with E-state index in [1.807, 2.05) is 0 Å². The first-order valence-electron chi connectivity index (χ1n) is 6.82. The molecule has 0 radical (unpaired) electrons. The molecule has 0 fully saturated rings. The Morgan fingerprint density at radius 1 is 1.13 bits per heavy atom. The zero-order valence-corrected chi connectivity index (χ0v) is 14.0. The maximum atomic E-state index is 12.6. The largest absolute Gasteiger partial charge is 0.480 e. The molecule has 0 bridgehead atoms. The van der Waals surface area contributed by atoms with Crippen LogP contribution >= 0.6 is 11.6 Å². The molecule has 0 amide bonds. The van der Waals surface area contributed by atoms with E-state index in [0.29, 0.717) is 10.6 Å². The van der Waals surface area contributed by atoms with E-state index in [1.165, 1.54) is 19.2 Å². The first kappa shape index (κ1) is 17.5. The minimum absolute atomic E-state index is 0.0507. The summed E-state index contributed by atoms with van der Waals surface area (Å²) in [5.74, 6) is -1.21. The Labute approximate surface area is 140 Å². The summed E-state index contributed by atoms with van der Waals surface area (Å²) in [6.07, 6.45) is 0.0507. The van der Waals surface area contributed by atoms with Gasteiger partial charge >= 0.3 is 5.97 Å². The Kier molecular flexibility index (Phi) is 5.41. The van der Waals surface area contributed by atoms with Crippen molar-refractivity contribution in [2.75, 3.05) is 7.05 Å². The van der Waals surface area contributed by atoms with Crippen molar-refractivity contribution in [1.82, 2.24) is 4.31 Å². The minimum Gasteiger partial charge on any atom is -0.480 e. The van der Waals surface area contributed by atoms with Crippen molar-refractivity contribution in [1.29, 1.82) is 0 Å². The molecular weight excluding hydrogens is 338 g/mol. The molecule has 7 heteroatoms.